The standard InChI is InChI=1S/C37H33N5O5/c1-24(11-9-10-20-41-22-31(39-40-41)28(23-43)25-12-3-2-4-13-25)37(46)29-21-26(18-19-30(29)38-36(37)45)42-32-15-6-8-17-34(32)47-33-16-7-5-14-27(33)35(42)44/h2-9,11-19,21-22,24,28,43,46H,10,20,23H2,1H3,(H,38,45)/b11-9+/t24-,28?,37+/m0/s1. The largest absolute Gasteiger partial charge is 0.454 e. The van der Waals surface area contributed by atoms with E-state index in [0.717, 1.165) is 5.56 Å². The number of aryl methyl sites for hydroxylation is 1. The molecule has 0 spiro atoms. The smallest absolute Gasteiger partial charge is 0.266 e. The highest BCUT2D eigenvalue weighted by atomic mass is 16.5. The van der Waals surface area contributed by atoms with Crippen LogP contribution in [0.25, 0.3) is 0 Å². The fourth-order valence-corrected chi connectivity index (χ4v) is 6.24. The zero-order chi connectivity index (χ0) is 32.5. The molecule has 0 saturated heterocycles. The Balaban J connectivity index is 1.11. The zero-order valence-corrected chi connectivity index (χ0v) is 25.7. The summed E-state index contributed by atoms with van der Waals surface area (Å²) in [4.78, 5) is 28.8. The van der Waals surface area contributed by atoms with Crippen LogP contribution in [-0.4, -0.2) is 43.6 Å². The van der Waals surface area contributed by atoms with Crippen LogP contribution in [0.3, 0.4) is 0 Å². The molecule has 10 nitrogen and oxygen atoms in total. The van der Waals surface area contributed by atoms with Crippen LogP contribution in [0.5, 0.6) is 11.5 Å². The molecule has 0 bridgehead atoms. The average molecular weight is 628 g/mol. The zero-order valence-electron chi connectivity index (χ0n) is 25.7. The van der Waals surface area contributed by atoms with Gasteiger partial charge in [-0.05, 0) is 54.4 Å². The number of para-hydroxylation sites is 3. The van der Waals surface area contributed by atoms with Gasteiger partial charge >= 0.3 is 0 Å². The van der Waals surface area contributed by atoms with Crippen molar-refractivity contribution in [3.8, 4) is 11.5 Å². The fourth-order valence-electron chi connectivity index (χ4n) is 6.24. The Labute approximate surface area is 271 Å². The SMILES string of the molecule is C[C@@H](/C=C/CCn1cc(C(CO)c2ccccc2)nn1)[C@]1(O)C(=O)Nc2ccc(N3C(=O)c4ccccc4Oc4ccccc43)cc21. The maximum atomic E-state index is 13.9. The number of anilines is 3. The summed E-state index contributed by atoms with van der Waals surface area (Å²) in [5.41, 5.74) is 2.09. The second kappa shape index (κ2) is 12.3. The number of fused-ring (bicyclic) bond motifs is 3. The van der Waals surface area contributed by atoms with Crippen LogP contribution < -0.4 is 15.0 Å². The van der Waals surface area contributed by atoms with Crippen molar-refractivity contribution >= 4 is 28.9 Å². The molecule has 4 aromatic carbocycles. The molecule has 2 aliphatic heterocycles. The number of benzene rings is 4. The van der Waals surface area contributed by atoms with Crippen LogP contribution in [0.2, 0.25) is 0 Å². The Morgan fingerprint density at radius 2 is 1.70 bits per heavy atom. The third-order valence-electron chi connectivity index (χ3n) is 8.82. The number of aromatic nitrogens is 3. The topological polar surface area (TPSA) is 130 Å². The molecule has 47 heavy (non-hydrogen) atoms. The van der Waals surface area contributed by atoms with E-state index in [-0.39, 0.29) is 18.4 Å². The number of allylic oxidation sites excluding steroid dienone is 1. The van der Waals surface area contributed by atoms with Crippen LogP contribution in [0.15, 0.2) is 115 Å². The maximum Gasteiger partial charge on any atom is 0.266 e. The highest BCUT2D eigenvalue weighted by molar-refractivity contribution is 6.14. The summed E-state index contributed by atoms with van der Waals surface area (Å²) in [5.74, 6) is -0.718. The quantitative estimate of drug-likeness (QED) is 0.173. The Kier molecular flexibility index (Phi) is 7.88. The average Bonchev–Trinajstić information content (AvgIpc) is 3.63. The number of aliphatic hydroxyl groups is 2. The first-order valence-electron chi connectivity index (χ1n) is 15.5. The molecule has 10 heteroatoms. The summed E-state index contributed by atoms with van der Waals surface area (Å²) >= 11 is 0. The predicted molar refractivity (Wildman–Crippen MR) is 177 cm³/mol. The Hall–Kier alpha value is -5.58. The lowest BCUT2D eigenvalue weighted by Crippen LogP contribution is -2.39. The van der Waals surface area contributed by atoms with Crippen molar-refractivity contribution < 1.29 is 24.5 Å². The Bertz CT molecular complexity index is 1990. The van der Waals surface area contributed by atoms with Crippen molar-refractivity contribution in [2.45, 2.75) is 31.4 Å². The molecule has 2 amide bonds. The highest BCUT2D eigenvalue weighted by Gasteiger charge is 2.49. The molecule has 3 N–H and O–H groups in total. The van der Waals surface area contributed by atoms with E-state index in [0.29, 0.717) is 58.3 Å². The lowest BCUT2D eigenvalue weighted by atomic mass is 9.82. The van der Waals surface area contributed by atoms with E-state index in [1.165, 1.54) is 0 Å². The van der Waals surface area contributed by atoms with Crippen molar-refractivity contribution in [1.29, 1.82) is 0 Å². The molecule has 1 unspecified atom stereocenters. The summed E-state index contributed by atoms with van der Waals surface area (Å²) in [7, 11) is 0. The first kappa shape index (κ1) is 30.1. The minimum absolute atomic E-state index is 0.0799. The molecule has 0 fully saturated rings. The van der Waals surface area contributed by atoms with Gasteiger partial charge < -0.3 is 20.3 Å². The minimum Gasteiger partial charge on any atom is -0.454 e. The van der Waals surface area contributed by atoms with Crippen molar-refractivity contribution in [2.24, 2.45) is 5.92 Å². The number of carbonyl (C=O) groups excluding carboxylic acids is 2. The van der Waals surface area contributed by atoms with Gasteiger partial charge in [0.25, 0.3) is 11.8 Å². The van der Waals surface area contributed by atoms with E-state index >= 15 is 0 Å². The van der Waals surface area contributed by atoms with Crippen molar-refractivity contribution in [1.82, 2.24) is 15.0 Å². The van der Waals surface area contributed by atoms with E-state index in [1.807, 2.05) is 66.9 Å². The van der Waals surface area contributed by atoms with Crippen molar-refractivity contribution in [3.63, 3.8) is 0 Å². The summed E-state index contributed by atoms with van der Waals surface area (Å²) in [5, 5.41) is 33.2. The fraction of sp³-hybridized carbons (Fsp3) is 0.189. The van der Waals surface area contributed by atoms with Gasteiger partial charge in [-0.15, -0.1) is 5.10 Å². The van der Waals surface area contributed by atoms with E-state index in [1.54, 1.807) is 65.0 Å². The molecule has 0 aliphatic carbocycles. The lowest BCUT2D eigenvalue weighted by Gasteiger charge is -2.28. The van der Waals surface area contributed by atoms with Gasteiger partial charge in [0.05, 0.1) is 29.5 Å². The third-order valence-corrected chi connectivity index (χ3v) is 8.82. The molecule has 1 aromatic heterocycles. The normalized spacial score (nSPS) is 18.1. The number of rotatable bonds is 9. The van der Waals surface area contributed by atoms with Gasteiger partial charge in [-0.25, -0.2) is 0 Å². The van der Waals surface area contributed by atoms with Crippen LogP contribution in [0.1, 0.15) is 46.4 Å². The van der Waals surface area contributed by atoms with Crippen molar-refractivity contribution in [3.05, 3.63) is 138 Å². The summed E-state index contributed by atoms with van der Waals surface area (Å²) in [6, 6.07) is 29.2. The third kappa shape index (κ3) is 5.37. The first-order chi connectivity index (χ1) is 22.9. The lowest BCUT2D eigenvalue weighted by molar-refractivity contribution is -0.137. The van der Waals surface area contributed by atoms with Crippen LogP contribution in [0, 0.1) is 5.92 Å². The van der Waals surface area contributed by atoms with E-state index in [4.69, 9.17) is 4.74 Å². The predicted octanol–water partition coefficient (Wildman–Crippen LogP) is 5.91. The molecule has 3 heterocycles. The monoisotopic (exact) mass is 627 g/mol. The van der Waals surface area contributed by atoms with Gasteiger partial charge in [0.15, 0.2) is 11.4 Å². The molecule has 236 valence electrons. The Morgan fingerprint density at radius 1 is 0.957 bits per heavy atom. The number of hydrogen-bond donors (Lipinski definition) is 3. The van der Waals surface area contributed by atoms with Gasteiger partial charge in [-0.3, -0.25) is 19.2 Å². The van der Waals surface area contributed by atoms with Crippen molar-refractivity contribution in [2.75, 3.05) is 16.8 Å². The number of ether oxygens (including phenoxy) is 1. The first-order valence-corrected chi connectivity index (χ1v) is 15.5. The molecule has 0 saturated carbocycles. The van der Waals surface area contributed by atoms with Gasteiger partial charge in [-0.2, -0.15) is 0 Å². The molecule has 2 aliphatic rings. The minimum atomic E-state index is -1.87. The highest BCUT2D eigenvalue weighted by Crippen LogP contribution is 2.47. The molecule has 0 radical (unpaired) electrons. The van der Waals surface area contributed by atoms with Crippen LogP contribution in [-0.2, 0) is 16.9 Å². The summed E-state index contributed by atoms with van der Waals surface area (Å²) < 4.78 is 7.85. The van der Waals surface area contributed by atoms with Crippen LogP contribution in [0.4, 0.5) is 17.1 Å². The van der Waals surface area contributed by atoms with Crippen LogP contribution >= 0.6 is 0 Å². The van der Waals surface area contributed by atoms with Gasteiger partial charge in [0.2, 0.25) is 0 Å². The molecule has 7 rings (SSSR count). The van der Waals surface area contributed by atoms with Gasteiger partial charge in [-0.1, -0.05) is 78.9 Å². The number of nitrogens with zero attached hydrogens (tertiary/aromatic N) is 4. The van der Waals surface area contributed by atoms with E-state index in [2.05, 4.69) is 15.6 Å². The second-order valence-electron chi connectivity index (χ2n) is 11.7. The number of aliphatic hydroxyl groups excluding tert-OH is 1. The summed E-state index contributed by atoms with van der Waals surface area (Å²) in [6.07, 6.45) is 6.12. The number of hydrogen-bond acceptors (Lipinski definition) is 7. The number of amides is 2. The second-order valence-corrected chi connectivity index (χ2v) is 11.7. The van der Waals surface area contributed by atoms with Gasteiger partial charge in [0, 0.05) is 35.6 Å². The van der Waals surface area contributed by atoms with Gasteiger partial charge in [0.1, 0.15) is 5.75 Å². The molecular weight excluding hydrogens is 594 g/mol. The van der Waals surface area contributed by atoms with E-state index < -0.39 is 17.4 Å². The molecule has 5 aromatic rings. The molecular formula is C37H33N5O5. The summed E-state index contributed by atoms with van der Waals surface area (Å²) in [6.45, 7) is 2.23. The Morgan fingerprint density at radius 3 is 2.51 bits per heavy atom. The number of nitrogens with one attached hydrogen (secondary N) is 1. The van der Waals surface area contributed by atoms with E-state index in [9.17, 15) is 19.8 Å². The maximum absolute atomic E-state index is 13.9. The number of carbonyl (C=O) groups is 2. The molecule has 3 atom stereocenters.